The van der Waals surface area contributed by atoms with E-state index in [9.17, 15) is 5.11 Å². The lowest BCUT2D eigenvalue weighted by molar-refractivity contribution is 0.475. The highest BCUT2D eigenvalue weighted by Gasteiger charge is 2.16. The predicted octanol–water partition coefficient (Wildman–Crippen LogP) is 3.79. The molecule has 0 unspecified atom stereocenters. The van der Waals surface area contributed by atoms with Crippen LogP contribution in [-0.4, -0.2) is 16.6 Å². The maximum Gasteiger partial charge on any atom is 0.117 e. The topological polar surface area (TPSA) is 23.5 Å². The van der Waals surface area contributed by atoms with E-state index in [4.69, 9.17) is 11.6 Å². The third-order valence-corrected chi connectivity index (χ3v) is 3.04. The van der Waals surface area contributed by atoms with Crippen LogP contribution in [0.4, 0.5) is 0 Å². The van der Waals surface area contributed by atoms with Crippen LogP contribution in [0, 0.1) is 0 Å². The Morgan fingerprint density at radius 3 is 2.82 bits per heavy atom. The maximum atomic E-state index is 9.36. The number of nitrogens with zero attached hydrogens (tertiary/aromatic N) is 1. The van der Waals surface area contributed by atoms with Crippen molar-refractivity contribution in [2.24, 2.45) is 0 Å². The third kappa shape index (κ3) is 2.22. The van der Waals surface area contributed by atoms with E-state index >= 15 is 0 Å². The van der Waals surface area contributed by atoms with Crippen molar-refractivity contribution in [3.8, 4) is 5.75 Å². The van der Waals surface area contributed by atoms with E-state index in [0.717, 1.165) is 23.5 Å². The first-order valence-corrected chi connectivity index (χ1v) is 5.85. The minimum Gasteiger partial charge on any atom is -0.508 e. The van der Waals surface area contributed by atoms with Gasteiger partial charge >= 0.3 is 0 Å². The number of phenols is 1. The van der Waals surface area contributed by atoms with Gasteiger partial charge < -0.3 is 10.0 Å². The van der Waals surface area contributed by atoms with Gasteiger partial charge in [-0.25, -0.2) is 0 Å². The molecule has 0 bridgehead atoms. The number of likely N-dealkylation sites (N-methyl/N-ethyl adjacent to an activating group) is 1. The lowest BCUT2D eigenvalue weighted by atomic mass is 10.1. The van der Waals surface area contributed by atoms with Crippen LogP contribution < -0.4 is 0 Å². The van der Waals surface area contributed by atoms with E-state index < -0.39 is 0 Å². The molecule has 1 aliphatic heterocycles. The molecule has 0 saturated heterocycles. The van der Waals surface area contributed by atoms with Crippen molar-refractivity contribution >= 4 is 17.3 Å². The van der Waals surface area contributed by atoms with E-state index in [1.54, 1.807) is 12.1 Å². The van der Waals surface area contributed by atoms with Gasteiger partial charge in [-0.15, -0.1) is 0 Å². The van der Waals surface area contributed by atoms with E-state index in [2.05, 4.69) is 18.4 Å². The number of halogens is 1. The average molecular weight is 248 g/mol. The summed E-state index contributed by atoms with van der Waals surface area (Å²) in [6.45, 7) is 6.88. The molecular weight excluding hydrogens is 234 g/mol. The van der Waals surface area contributed by atoms with Gasteiger partial charge in [-0.2, -0.15) is 0 Å². The molecule has 1 aliphatic rings. The van der Waals surface area contributed by atoms with Crippen LogP contribution in [0.1, 0.15) is 12.5 Å². The van der Waals surface area contributed by atoms with Crippen molar-refractivity contribution in [1.82, 2.24) is 4.90 Å². The standard InChI is InChI=1S/C14H14ClNO/c1-3-16-10(2)5-4-6-14(16)12-8-7-11(17)9-13(12)15/h4-9,17H,2-3H2,1H3. The third-order valence-electron chi connectivity index (χ3n) is 2.73. The Kier molecular flexibility index (Phi) is 3.25. The molecule has 3 heteroatoms. The van der Waals surface area contributed by atoms with Gasteiger partial charge in [-0.3, -0.25) is 0 Å². The molecule has 1 aromatic carbocycles. The molecule has 0 fully saturated rings. The minimum absolute atomic E-state index is 0.174. The van der Waals surface area contributed by atoms with Gasteiger partial charge in [0.05, 0.1) is 5.02 Å². The second-order valence-corrected chi connectivity index (χ2v) is 4.22. The lowest BCUT2D eigenvalue weighted by Crippen LogP contribution is -2.21. The summed E-state index contributed by atoms with van der Waals surface area (Å²) in [4.78, 5) is 2.08. The highest BCUT2D eigenvalue weighted by atomic mass is 35.5. The van der Waals surface area contributed by atoms with Gasteiger partial charge in [-0.05, 0) is 37.3 Å². The molecule has 88 valence electrons. The smallest absolute Gasteiger partial charge is 0.117 e. The van der Waals surface area contributed by atoms with Crippen LogP contribution in [0.25, 0.3) is 5.70 Å². The summed E-state index contributed by atoms with van der Waals surface area (Å²) in [5, 5.41) is 9.90. The van der Waals surface area contributed by atoms with Crippen molar-refractivity contribution in [2.45, 2.75) is 6.92 Å². The number of benzene rings is 1. The Morgan fingerprint density at radius 1 is 1.41 bits per heavy atom. The van der Waals surface area contributed by atoms with Gasteiger partial charge in [0.25, 0.3) is 0 Å². The van der Waals surface area contributed by atoms with Crippen LogP contribution in [0.5, 0.6) is 5.75 Å². The first-order chi connectivity index (χ1) is 8.13. The van der Waals surface area contributed by atoms with Crippen LogP contribution in [-0.2, 0) is 0 Å². The summed E-state index contributed by atoms with van der Waals surface area (Å²) >= 11 is 6.15. The zero-order chi connectivity index (χ0) is 12.4. The van der Waals surface area contributed by atoms with Crippen molar-refractivity contribution in [3.05, 3.63) is 59.3 Å². The number of allylic oxidation sites excluding steroid dienone is 3. The molecule has 2 nitrogen and oxygen atoms in total. The normalized spacial score (nSPS) is 15.1. The Morgan fingerprint density at radius 2 is 2.18 bits per heavy atom. The summed E-state index contributed by atoms with van der Waals surface area (Å²) in [6.07, 6.45) is 5.91. The van der Waals surface area contributed by atoms with Gasteiger partial charge in [0.1, 0.15) is 5.75 Å². The largest absolute Gasteiger partial charge is 0.508 e. The predicted molar refractivity (Wildman–Crippen MR) is 71.8 cm³/mol. The fourth-order valence-corrected chi connectivity index (χ4v) is 2.18. The number of phenolic OH excluding ortho intramolecular Hbond substituents is 1. The number of rotatable bonds is 2. The quantitative estimate of drug-likeness (QED) is 0.860. The number of hydrogen-bond acceptors (Lipinski definition) is 2. The van der Waals surface area contributed by atoms with E-state index in [0.29, 0.717) is 5.02 Å². The monoisotopic (exact) mass is 247 g/mol. The first kappa shape index (κ1) is 11.8. The molecule has 0 spiro atoms. The molecule has 1 N–H and O–H groups in total. The summed E-state index contributed by atoms with van der Waals surface area (Å²) in [5.74, 6) is 0.174. The second-order valence-electron chi connectivity index (χ2n) is 3.81. The van der Waals surface area contributed by atoms with Crippen molar-refractivity contribution < 1.29 is 5.11 Å². The Hall–Kier alpha value is -1.67. The molecule has 17 heavy (non-hydrogen) atoms. The van der Waals surface area contributed by atoms with Gasteiger partial charge in [0.15, 0.2) is 0 Å². The van der Waals surface area contributed by atoms with Crippen LogP contribution >= 0.6 is 11.6 Å². The fraction of sp³-hybridized carbons (Fsp3) is 0.143. The van der Waals surface area contributed by atoms with Gasteiger partial charge in [-0.1, -0.05) is 24.3 Å². The zero-order valence-electron chi connectivity index (χ0n) is 9.65. The van der Waals surface area contributed by atoms with E-state index in [1.807, 2.05) is 24.3 Å². The fourth-order valence-electron chi connectivity index (χ4n) is 1.91. The molecule has 0 aromatic heterocycles. The average Bonchev–Trinajstić information content (AvgIpc) is 2.29. The minimum atomic E-state index is 0.174. The Bertz CT molecular complexity index is 517. The summed E-state index contributed by atoms with van der Waals surface area (Å²) in [7, 11) is 0. The number of aromatic hydroxyl groups is 1. The van der Waals surface area contributed by atoms with Gasteiger partial charge in [0, 0.05) is 23.5 Å². The van der Waals surface area contributed by atoms with Crippen molar-refractivity contribution in [2.75, 3.05) is 6.54 Å². The molecule has 1 heterocycles. The molecule has 0 aliphatic carbocycles. The summed E-state index contributed by atoms with van der Waals surface area (Å²) < 4.78 is 0. The van der Waals surface area contributed by atoms with Crippen LogP contribution in [0.3, 0.4) is 0 Å². The lowest BCUT2D eigenvalue weighted by Gasteiger charge is -2.29. The second kappa shape index (κ2) is 4.68. The Balaban J connectivity index is 2.48. The molecule has 1 aromatic rings. The molecular formula is C14H14ClNO. The van der Waals surface area contributed by atoms with Crippen molar-refractivity contribution in [3.63, 3.8) is 0 Å². The van der Waals surface area contributed by atoms with Crippen LogP contribution in [0.15, 0.2) is 48.7 Å². The molecule has 0 amide bonds. The molecule has 2 rings (SSSR count). The molecule has 0 saturated carbocycles. The summed E-state index contributed by atoms with van der Waals surface area (Å²) in [6, 6.07) is 5.00. The Labute approximate surface area is 106 Å². The molecule has 0 atom stereocenters. The highest BCUT2D eigenvalue weighted by molar-refractivity contribution is 6.32. The van der Waals surface area contributed by atoms with Crippen LogP contribution in [0.2, 0.25) is 5.02 Å². The first-order valence-electron chi connectivity index (χ1n) is 5.47. The SMILES string of the molecule is C=C1C=CC=C(c2ccc(O)cc2Cl)N1CC. The number of hydrogen-bond donors (Lipinski definition) is 1. The van der Waals surface area contributed by atoms with E-state index in [-0.39, 0.29) is 5.75 Å². The van der Waals surface area contributed by atoms with E-state index in [1.165, 1.54) is 0 Å². The highest BCUT2D eigenvalue weighted by Crippen LogP contribution is 2.33. The van der Waals surface area contributed by atoms with Crippen molar-refractivity contribution in [1.29, 1.82) is 0 Å². The van der Waals surface area contributed by atoms with Gasteiger partial charge in [0.2, 0.25) is 0 Å². The maximum absolute atomic E-state index is 9.36. The zero-order valence-corrected chi connectivity index (χ0v) is 10.4. The summed E-state index contributed by atoms with van der Waals surface area (Å²) in [5.41, 5.74) is 2.84. The molecule has 0 radical (unpaired) electrons.